The Morgan fingerprint density at radius 2 is 2.33 bits per heavy atom. The third-order valence-electron chi connectivity index (χ3n) is 4.46. The maximum atomic E-state index is 6.12. The minimum absolute atomic E-state index is 0.0962. The van der Waals surface area contributed by atoms with E-state index in [9.17, 15) is 0 Å². The monoisotopic (exact) mass is 251 g/mol. The van der Waals surface area contributed by atoms with Gasteiger partial charge < -0.3 is 14.4 Å². The molecule has 18 heavy (non-hydrogen) atoms. The summed E-state index contributed by atoms with van der Waals surface area (Å²) in [5, 5.41) is 0. The van der Waals surface area contributed by atoms with Crippen molar-refractivity contribution in [3.05, 3.63) is 12.7 Å². The van der Waals surface area contributed by atoms with E-state index in [1.165, 1.54) is 38.8 Å². The lowest BCUT2D eigenvalue weighted by atomic mass is 9.89. The molecule has 1 aliphatic carbocycles. The summed E-state index contributed by atoms with van der Waals surface area (Å²) in [6.07, 6.45) is 8.55. The van der Waals surface area contributed by atoms with Gasteiger partial charge in [0.15, 0.2) is 0 Å². The molecule has 3 fully saturated rings. The van der Waals surface area contributed by atoms with E-state index in [0.29, 0.717) is 6.61 Å². The van der Waals surface area contributed by atoms with Crippen molar-refractivity contribution in [1.29, 1.82) is 0 Å². The second-order valence-corrected chi connectivity index (χ2v) is 6.22. The van der Waals surface area contributed by atoms with Crippen LogP contribution in [0.2, 0.25) is 0 Å². The van der Waals surface area contributed by atoms with Gasteiger partial charge in [0.05, 0.1) is 24.9 Å². The first-order valence-electron chi connectivity index (χ1n) is 7.38. The highest BCUT2D eigenvalue weighted by molar-refractivity contribution is 4.96. The molecule has 0 bridgehead atoms. The molecule has 2 heterocycles. The van der Waals surface area contributed by atoms with Crippen LogP contribution in [0.4, 0.5) is 0 Å². The van der Waals surface area contributed by atoms with Gasteiger partial charge in [0.1, 0.15) is 0 Å². The van der Waals surface area contributed by atoms with Crippen LogP contribution in [-0.2, 0) is 9.47 Å². The normalized spacial score (nSPS) is 37.2. The van der Waals surface area contributed by atoms with Crippen molar-refractivity contribution in [3.63, 3.8) is 0 Å². The van der Waals surface area contributed by atoms with E-state index >= 15 is 0 Å². The molecule has 0 aromatic rings. The number of piperidine rings is 1. The lowest BCUT2D eigenvalue weighted by Crippen LogP contribution is -2.48. The smallest absolute Gasteiger partial charge is 0.0841 e. The Hall–Kier alpha value is -0.380. The van der Waals surface area contributed by atoms with Gasteiger partial charge in [-0.05, 0) is 38.1 Å². The second-order valence-electron chi connectivity index (χ2n) is 6.22. The zero-order valence-electron chi connectivity index (χ0n) is 11.3. The highest BCUT2D eigenvalue weighted by Gasteiger charge is 2.44. The van der Waals surface area contributed by atoms with Gasteiger partial charge in [-0.1, -0.05) is 6.08 Å². The van der Waals surface area contributed by atoms with E-state index in [2.05, 4.69) is 11.5 Å². The van der Waals surface area contributed by atoms with E-state index < -0.39 is 0 Å². The number of ether oxygens (including phenoxy) is 2. The molecule has 102 valence electrons. The van der Waals surface area contributed by atoms with Crippen molar-refractivity contribution in [1.82, 2.24) is 4.90 Å². The Kier molecular flexibility index (Phi) is 3.73. The molecule has 0 N–H and O–H groups in total. The van der Waals surface area contributed by atoms with Crippen LogP contribution in [0, 0.1) is 5.92 Å². The molecule has 2 saturated heterocycles. The fourth-order valence-electron chi connectivity index (χ4n) is 3.41. The Morgan fingerprint density at radius 3 is 3.11 bits per heavy atom. The summed E-state index contributed by atoms with van der Waals surface area (Å²) in [5.41, 5.74) is 0.0962. The summed E-state index contributed by atoms with van der Waals surface area (Å²) < 4.78 is 11.9. The fourth-order valence-corrected chi connectivity index (χ4v) is 3.41. The standard InChI is InChI=1S/C15H25NO2/c1-2-8-17-14-9-15(18-11-14)6-3-7-16(12-15)10-13-4-5-13/h2,13-14H,1,3-12H2/t14-,15-/m0/s1. The predicted octanol–water partition coefficient (Wildman–Crippen LogP) is 2.22. The van der Waals surface area contributed by atoms with Gasteiger partial charge in [0, 0.05) is 19.5 Å². The molecule has 3 rings (SSSR count). The summed E-state index contributed by atoms with van der Waals surface area (Å²) in [4.78, 5) is 2.62. The molecular weight excluding hydrogens is 226 g/mol. The molecule has 2 atom stereocenters. The largest absolute Gasteiger partial charge is 0.372 e. The van der Waals surface area contributed by atoms with Crippen LogP contribution in [-0.4, -0.2) is 49.5 Å². The number of hydrogen-bond donors (Lipinski definition) is 0. The van der Waals surface area contributed by atoms with Crippen molar-refractivity contribution in [3.8, 4) is 0 Å². The fraction of sp³-hybridized carbons (Fsp3) is 0.867. The van der Waals surface area contributed by atoms with Crippen LogP contribution in [0.15, 0.2) is 12.7 Å². The quantitative estimate of drug-likeness (QED) is 0.699. The topological polar surface area (TPSA) is 21.7 Å². The Bertz CT molecular complexity index is 303. The summed E-state index contributed by atoms with van der Waals surface area (Å²) in [7, 11) is 0. The van der Waals surface area contributed by atoms with Gasteiger partial charge >= 0.3 is 0 Å². The summed E-state index contributed by atoms with van der Waals surface area (Å²) >= 11 is 0. The Balaban J connectivity index is 1.52. The predicted molar refractivity (Wildman–Crippen MR) is 71.6 cm³/mol. The van der Waals surface area contributed by atoms with Crippen LogP contribution in [0.25, 0.3) is 0 Å². The maximum Gasteiger partial charge on any atom is 0.0841 e. The Labute approximate surface area is 110 Å². The Morgan fingerprint density at radius 1 is 1.44 bits per heavy atom. The molecule has 3 nitrogen and oxygen atoms in total. The number of hydrogen-bond acceptors (Lipinski definition) is 3. The minimum atomic E-state index is 0.0962. The minimum Gasteiger partial charge on any atom is -0.372 e. The molecule has 0 radical (unpaired) electrons. The van der Waals surface area contributed by atoms with Crippen LogP contribution in [0.5, 0.6) is 0 Å². The lowest BCUT2D eigenvalue weighted by molar-refractivity contribution is -0.0533. The molecule has 2 aliphatic heterocycles. The van der Waals surface area contributed by atoms with Gasteiger partial charge in [-0.15, -0.1) is 6.58 Å². The lowest BCUT2D eigenvalue weighted by Gasteiger charge is -2.39. The van der Waals surface area contributed by atoms with Gasteiger partial charge in [-0.3, -0.25) is 0 Å². The van der Waals surface area contributed by atoms with E-state index in [-0.39, 0.29) is 11.7 Å². The molecule has 0 aromatic heterocycles. The third-order valence-corrected chi connectivity index (χ3v) is 4.46. The molecule has 3 aliphatic rings. The van der Waals surface area contributed by atoms with Crippen LogP contribution >= 0.6 is 0 Å². The average molecular weight is 251 g/mol. The highest BCUT2D eigenvalue weighted by Crippen LogP contribution is 2.37. The van der Waals surface area contributed by atoms with Gasteiger partial charge in [-0.2, -0.15) is 0 Å². The first kappa shape index (κ1) is 12.6. The molecule has 1 saturated carbocycles. The molecule has 0 amide bonds. The van der Waals surface area contributed by atoms with E-state index in [1.807, 2.05) is 6.08 Å². The first-order chi connectivity index (χ1) is 8.80. The molecular formula is C15H25NO2. The highest BCUT2D eigenvalue weighted by atomic mass is 16.6. The summed E-state index contributed by atoms with van der Waals surface area (Å²) in [6.45, 7) is 8.80. The van der Waals surface area contributed by atoms with E-state index in [4.69, 9.17) is 9.47 Å². The van der Waals surface area contributed by atoms with Crippen LogP contribution < -0.4 is 0 Å². The van der Waals surface area contributed by atoms with Crippen molar-refractivity contribution < 1.29 is 9.47 Å². The van der Waals surface area contributed by atoms with Crippen molar-refractivity contribution in [2.45, 2.75) is 43.8 Å². The first-order valence-corrected chi connectivity index (χ1v) is 7.38. The van der Waals surface area contributed by atoms with E-state index in [1.54, 1.807) is 0 Å². The molecule has 3 heteroatoms. The zero-order valence-corrected chi connectivity index (χ0v) is 11.3. The molecule has 0 unspecified atom stereocenters. The van der Waals surface area contributed by atoms with Crippen molar-refractivity contribution >= 4 is 0 Å². The number of nitrogens with zero attached hydrogens (tertiary/aromatic N) is 1. The van der Waals surface area contributed by atoms with Crippen LogP contribution in [0.1, 0.15) is 32.1 Å². The summed E-state index contributed by atoms with van der Waals surface area (Å²) in [5.74, 6) is 0.981. The number of rotatable bonds is 5. The molecule has 0 aromatic carbocycles. The SMILES string of the molecule is C=CCO[C@@H]1CO[C@@]2(CCCN(CC3CC3)C2)C1. The van der Waals surface area contributed by atoms with Crippen LogP contribution in [0.3, 0.4) is 0 Å². The summed E-state index contributed by atoms with van der Waals surface area (Å²) in [6, 6.07) is 0. The number of likely N-dealkylation sites (tertiary alicyclic amines) is 1. The third kappa shape index (κ3) is 2.95. The van der Waals surface area contributed by atoms with Crippen molar-refractivity contribution in [2.24, 2.45) is 5.92 Å². The van der Waals surface area contributed by atoms with Gasteiger partial charge in [0.25, 0.3) is 0 Å². The maximum absolute atomic E-state index is 6.12. The van der Waals surface area contributed by atoms with E-state index in [0.717, 1.165) is 25.5 Å². The van der Waals surface area contributed by atoms with Gasteiger partial charge in [0.2, 0.25) is 0 Å². The average Bonchev–Trinajstić information content (AvgIpc) is 3.10. The molecule has 1 spiro atoms. The van der Waals surface area contributed by atoms with Gasteiger partial charge in [-0.25, -0.2) is 0 Å². The zero-order chi connectivity index (χ0) is 12.4. The second kappa shape index (κ2) is 5.32. The van der Waals surface area contributed by atoms with Crippen molar-refractivity contribution in [2.75, 3.05) is 32.8 Å².